The molecule has 4 nitrogen and oxygen atoms in total. The van der Waals surface area contributed by atoms with Crippen molar-refractivity contribution in [3.63, 3.8) is 0 Å². The number of nitrogens with one attached hydrogen (secondary N) is 2. The van der Waals surface area contributed by atoms with Crippen molar-refractivity contribution in [3.8, 4) is 0 Å². The van der Waals surface area contributed by atoms with E-state index in [-0.39, 0.29) is 6.04 Å². The highest BCUT2D eigenvalue weighted by Gasteiger charge is 2.09. The summed E-state index contributed by atoms with van der Waals surface area (Å²) in [5.41, 5.74) is 2.30. The molecule has 0 radical (unpaired) electrons. The summed E-state index contributed by atoms with van der Waals surface area (Å²) in [6.45, 7) is 4.96. The van der Waals surface area contributed by atoms with Crippen LogP contribution in [0, 0.1) is 0 Å². The van der Waals surface area contributed by atoms with Crippen LogP contribution in [0.1, 0.15) is 36.2 Å². The molecule has 0 saturated heterocycles. The van der Waals surface area contributed by atoms with Gasteiger partial charge in [-0.1, -0.05) is 43.3 Å². The van der Waals surface area contributed by atoms with E-state index in [1.807, 2.05) is 0 Å². The van der Waals surface area contributed by atoms with Crippen LogP contribution >= 0.6 is 11.3 Å². The van der Waals surface area contributed by atoms with Crippen LogP contribution in [0.4, 0.5) is 0 Å². The Balaban J connectivity index is 1.63. The predicted octanol–water partition coefficient (Wildman–Crippen LogP) is 4.28. The van der Waals surface area contributed by atoms with Crippen molar-refractivity contribution < 1.29 is 0 Å². The van der Waals surface area contributed by atoms with Crippen LogP contribution in [-0.4, -0.2) is 18.0 Å². The molecule has 0 saturated carbocycles. The van der Waals surface area contributed by atoms with Crippen LogP contribution in [-0.2, 0) is 13.0 Å². The van der Waals surface area contributed by atoms with Gasteiger partial charge < -0.3 is 10.6 Å². The number of thiazole rings is 1. The Kier molecular flexibility index (Phi) is 5.66. The number of aryl methyl sites for hydroxylation is 1. The fraction of sp³-hybridized carbons (Fsp3) is 0.300. The van der Waals surface area contributed by atoms with Gasteiger partial charge in [-0.3, -0.25) is 4.99 Å². The monoisotopic (exact) mass is 352 g/mol. The third-order valence-corrected chi connectivity index (χ3v) is 5.23. The molecule has 25 heavy (non-hydrogen) atoms. The number of aromatic nitrogens is 1. The SMILES string of the molecule is CCc1nc(CNC(=NC)NC(C)c2ccc3ccccc3c2)cs1. The third kappa shape index (κ3) is 4.37. The second-order valence-electron chi connectivity index (χ2n) is 5.98. The van der Waals surface area contributed by atoms with Crippen LogP contribution in [0.3, 0.4) is 0 Å². The minimum absolute atomic E-state index is 0.164. The fourth-order valence-corrected chi connectivity index (χ4v) is 3.47. The number of hydrogen-bond acceptors (Lipinski definition) is 3. The van der Waals surface area contributed by atoms with Gasteiger partial charge in [-0.2, -0.15) is 0 Å². The van der Waals surface area contributed by atoms with Gasteiger partial charge in [0, 0.05) is 12.4 Å². The predicted molar refractivity (Wildman–Crippen MR) is 107 cm³/mol. The molecule has 0 bridgehead atoms. The van der Waals surface area contributed by atoms with Crippen LogP contribution in [0.15, 0.2) is 52.8 Å². The molecule has 1 unspecified atom stereocenters. The molecular weight excluding hydrogens is 328 g/mol. The maximum Gasteiger partial charge on any atom is 0.191 e. The Hall–Kier alpha value is -2.40. The largest absolute Gasteiger partial charge is 0.351 e. The summed E-state index contributed by atoms with van der Waals surface area (Å²) in [7, 11) is 1.79. The molecule has 1 atom stereocenters. The lowest BCUT2D eigenvalue weighted by atomic mass is 10.0. The van der Waals surface area contributed by atoms with Gasteiger partial charge >= 0.3 is 0 Å². The first-order chi connectivity index (χ1) is 12.2. The first-order valence-corrected chi connectivity index (χ1v) is 9.46. The number of hydrogen-bond donors (Lipinski definition) is 2. The molecule has 3 aromatic rings. The van der Waals surface area contributed by atoms with E-state index in [9.17, 15) is 0 Å². The number of guanidine groups is 1. The summed E-state index contributed by atoms with van der Waals surface area (Å²) in [4.78, 5) is 8.91. The van der Waals surface area contributed by atoms with E-state index in [0.717, 1.165) is 18.1 Å². The van der Waals surface area contributed by atoms with Crippen LogP contribution in [0.2, 0.25) is 0 Å². The number of aliphatic imine (C=N–C) groups is 1. The van der Waals surface area contributed by atoms with Gasteiger partial charge in [-0.05, 0) is 35.7 Å². The highest BCUT2D eigenvalue weighted by Crippen LogP contribution is 2.20. The van der Waals surface area contributed by atoms with Crippen molar-refractivity contribution in [3.05, 3.63) is 64.1 Å². The average Bonchev–Trinajstić information content (AvgIpc) is 3.12. The Bertz CT molecular complexity index is 869. The summed E-state index contributed by atoms with van der Waals surface area (Å²) < 4.78 is 0. The maximum atomic E-state index is 4.58. The zero-order chi connectivity index (χ0) is 17.6. The lowest BCUT2D eigenvalue weighted by Gasteiger charge is -2.18. The van der Waals surface area contributed by atoms with Crippen LogP contribution in [0.5, 0.6) is 0 Å². The first-order valence-electron chi connectivity index (χ1n) is 8.58. The van der Waals surface area contributed by atoms with Crippen molar-refractivity contribution in [2.45, 2.75) is 32.9 Å². The molecule has 130 valence electrons. The number of benzene rings is 2. The van der Waals surface area contributed by atoms with Crippen molar-refractivity contribution in [1.29, 1.82) is 0 Å². The molecule has 0 aliphatic rings. The summed E-state index contributed by atoms with van der Waals surface area (Å²) in [6, 6.07) is 15.1. The van der Waals surface area contributed by atoms with Crippen molar-refractivity contribution in [2.24, 2.45) is 4.99 Å². The minimum Gasteiger partial charge on any atom is -0.351 e. The first kappa shape index (κ1) is 17.4. The molecule has 2 aromatic carbocycles. The third-order valence-electron chi connectivity index (χ3n) is 4.19. The van der Waals surface area contributed by atoms with E-state index in [4.69, 9.17) is 0 Å². The number of rotatable bonds is 5. The Morgan fingerprint density at radius 1 is 1.20 bits per heavy atom. The molecule has 0 amide bonds. The van der Waals surface area contributed by atoms with Gasteiger partial charge in [0.25, 0.3) is 0 Å². The van der Waals surface area contributed by atoms with Crippen molar-refractivity contribution in [1.82, 2.24) is 15.6 Å². The molecular formula is C20H24N4S. The molecule has 1 heterocycles. The summed E-state index contributed by atoms with van der Waals surface area (Å²) in [5.74, 6) is 0.784. The molecule has 0 fully saturated rings. The number of fused-ring (bicyclic) bond motifs is 1. The maximum absolute atomic E-state index is 4.58. The van der Waals surface area contributed by atoms with Gasteiger partial charge in [0.1, 0.15) is 0 Å². The molecule has 2 N–H and O–H groups in total. The van der Waals surface area contributed by atoms with Gasteiger partial charge in [-0.15, -0.1) is 11.3 Å². The smallest absolute Gasteiger partial charge is 0.191 e. The van der Waals surface area contributed by atoms with E-state index < -0.39 is 0 Å². The molecule has 0 aliphatic heterocycles. The van der Waals surface area contributed by atoms with E-state index in [1.54, 1.807) is 18.4 Å². The molecule has 5 heteroatoms. The fourth-order valence-electron chi connectivity index (χ4n) is 2.73. The van der Waals surface area contributed by atoms with Gasteiger partial charge in [0.15, 0.2) is 5.96 Å². The summed E-state index contributed by atoms with van der Waals surface area (Å²) >= 11 is 1.71. The highest BCUT2D eigenvalue weighted by atomic mass is 32.1. The van der Waals surface area contributed by atoms with Crippen molar-refractivity contribution >= 4 is 28.1 Å². The van der Waals surface area contributed by atoms with E-state index in [2.05, 4.69) is 82.3 Å². The van der Waals surface area contributed by atoms with Crippen molar-refractivity contribution in [2.75, 3.05) is 7.05 Å². The average molecular weight is 353 g/mol. The van der Waals surface area contributed by atoms with Gasteiger partial charge in [0.2, 0.25) is 0 Å². The Morgan fingerprint density at radius 3 is 2.72 bits per heavy atom. The van der Waals surface area contributed by atoms with Gasteiger partial charge in [-0.25, -0.2) is 4.98 Å². The molecule has 0 spiro atoms. The number of nitrogens with zero attached hydrogens (tertiary/aromatic N) is 2. The Labute approximate surface area is 153 Å². The lowest BCUT2D eigenvalue weighted by Crippen LogP contribution is -2.38. The van der Waals surface area contributed by atoms with E-state index in [1.165, 1.54) is 21.3 Å². The van der Waals surface area contributed by atoms with Crippen LogP contribution < -0.4 is 10.6 Å². The quantitative estimate of drug-likeness (QED) is 0.532. The van der Waals surface area contributed by atoms with Crippen LogP contribution in [0.25, 0.3) is 10.8 Å². The normalized spacial score (nSPS) is 13.0. The molecule has 0 aliphatic carbocycles. The highest BCUT2D eigenvalue weighted by molar-refractivity contribution is 7.09. The second kappa shape index (κ2) is 8.12. The summed E-state index contributed by atoms with van der Waals surface area (Å²) in [5, 5.41) is 12.6. The van der Waals surface area contributed by atoms with E-state index in [0.29, 0.717) is 6.54 Å². The summed E-state index contributed by atoms with van der Waals surface area (Å²) in [6.07, 6.45) is 0.983. The topological polar surface area (TPSA) is 49.3 Å². The second-order valence-corrected chi connectivity index (χ2v) is 6.93. The van der Waals surface area contributed by atoms with E-state index >= 15 is 0 Å². The Morgan fingerprint density at radius 2 is 2.00 bits per heavy atom. The zero-order valence-electron chi connectivity index (χ0n) is 14.9. The zero-order valence-corrected chi connectivity index (χ0v) is 15.7. The lowest BCUT2D eigenvalue weighted by molar-refractivity contribution is 0.684. The molecule has 1 aromatic heterocycles. The standard InChI is InChI=1S/C20H24N4S/c1-4-19-24-18(13-25-19)12-22-20(21-3)23-14(2)16-10-9-15-7-5-6-8-17(15)11-16/h5-11,13-14H,4,12H2,1-3H3,(H2,21,22,23). The van der Waals surface area contributed by atoms with Gasteiger partial charge in [0.05, 0.1) is 23.3 Å². The molecule has 3 rings (SSSR count). The minimum atomic E-state index is 0.164.